The number of pyridine rings is 1. The molecule has 0 bridgehead atoms. The molecule has 0 aliphatic carbocycles. The van der Waals surface area contributed by atoms with Crippen molar-refractivity contribution in [3.05, 3.63) is 52.1 Å². The number of aromatic nitrogens is 1. The highest BCUT2D eigenvalue weighted by molar-refractivity contribution is 7.99. The van der Waals surface area contributed by atoms with Crippen molar-refractivity contribution < 1.29 is 0 Å². The lowest BCUT2D eigenvalue weighted by Crippen LogP contribution is -2.02. The fourth-order valence-electron chi connectivity index (χ4n) is 1.45. The van der Waals surface area contributed by atoms with E-state index in [-0.39, 0.29) is 0 Å². The molecule has 0 amide bonds. The molecule has 1 aromatic carbocycles. The first-order chi connectivity index (χ1) is 8.69. The molecule has 0 aliphatic heterocycles. The van der Waals surface area contributed by atoms with Gasteiger partial charge in [0.25, 0.3) is 0 Å². The summed E-state index contributed by atoms with van der Waals surface area (Å²) in [5.41, 5.74) is 6.64. The number of nitrogens with zero attached hydrogens (tertiary/aromatic N) is 1. The van der Waals surface area contributed by atoms with E-state index < -0.39 is 0 Å². The van der Waals surface area contributed by atoms with E-state index in [1.54, 1.807) is 17.8 Å². The van der Waals surface area contributed by atoms with Crippen molar-refractivity contribution >= 4 is 35.0 Å². The molecule has 0 unspecified atom stereocenters. The Bertz CT molecular complexity index is 529. The van der Waals surface area contributed by atoms with E-state index >= 15 is 0 Å². The second-order valence-electron chi connectivity index (χ2n) is 3.72. The summed E-state index contributed by atoms with van der Waals surface area (Å²) in [6.45, 7) is 0.640. The van der Waals surface area contributed by atoms with Crippen LogP contribution in [0.25, 0.3) is 0 Å². The average molecular weight is 299 g/mol. The van der Waals surface area contributed by atoms with Gasteiger partial charge in [-0.25, -0.2) is 4.98 Å². The average Bonchev–Trinajstić information content (AvgIpc) is 2.37. The predicted molar refractivity (Wildman–Crippen MR) is 77.6 cm³/mol. The van der Waals surface area contributed by atoms with Gasteiger partial charge in [-0.05, 0) is 42.8 Å². The van der Waals surface area contributed by atoms with Gasteiger partial charge in [0.2, 0.25) is 0 Å². The van der Waals surface area contributed by atoms with Crippen LogP contribution in [0.4, 0.5) is 0 Å². The van der Waals surface area contributed by atoms with Crippen molar-refractivity contribution in [2.45, 2.75) is 16.3 Å². The topological polar surface area (TPSA) is 38.9 Å². The summed E-state index contributed by atoms with van der Waals surface area (Å²) in [5, 5.41) is 2.04. The molecule has 5 heteroatoms. The smallest absolute Gasteiger partial charge is 0.101 e. The Morgan fingerprint density at radius 2 is 1.94 bits per heavy atom. The van der Waals surface area contributed by atoms with E-state index in [0.717, 1.165) is 21.9 Å². The van der Waals surface area contributed by atoms with Gasteiger partial charge in [0.1, 0.15) is 5.03 Å². The zero-order valence-electron chi connectivity index (χ0n) is 9.57. The lowest BCUT2D eigenvalue weighted by atomic mass is 10.2. The van der Waals surface area contributed by atoms with Gasteiger partial charge in [-0.1, -0.05) is 41.0 Å². The van der Waals surface area contributed by atoms with Gasteiger partial charge in [-0.3, -0.25) is 0 Å². The zero-order chi connectivity index (χ0) is 13.0. The van der Waals surface area contributed by atoms with Gasteiger partial charge in [-0.15, -0.1) is 0 Å². The second kappa shape index (κ2) is 6.43. The molecule has 0 saturated heterocycles. The van der Waals surface area contributed by atoms with Crippen molar-refractivity contribution in [1.29, 1.82) is 0 Å². The molecule has 2 N–H and O–H groups in total. The maximum Gasteiger partial charge on any atom is 0.101 e. The quantitative estimate of drug-likeness (QED) is 0.926. The first-order valence-corrected chi connectivity index (χ1v) is 7.04. The van der Waals surface area contributed by atoms with E-state index in [2.05, 4.69) is 4.98 Å². The van der Waals surface area contributed by atoms with Crippen molar-refractivity contribution in [2.24, 2.45) is 5.73 Å². The van der Waals surface area contributed by atoms with Crippen LogP contribution in [0.1, 0.15) is 5.56 Å². The Kier molecular flexibility index (Phi) is 4.89. The van der Waals surface area contributed by atoms with Crippen LogP contribution in [-0.4, -0.2) is 11.5 Å². The molecule has 0 spiro atoms. The van der Waals surface area contributed by atoms with E-state index in [1.807, 2.05) is 30.5 Å². The molecule has 0 radical (unpaired) electrons. The summed E-state index contributed by atoms with van der Waals surface area (Å²) in [6, 6.07) is 9.57. The van der Waals surface area contributed by atoms with Gasteiger partial charge in [-0.2, -0.15) is 0 Å². The van der Waals surface area contributed by atoms with Crippen LogP contribution in [0.2, 0.25) is 10.0 Å². The SMILES string of the molecule is NCCc1ccc(Sc2ccc(Cl)c(Cl)c2)nc1. The highest BCUT2D eigenvalue weighted by Crippen LogP contribution is 2.31. The summed E-state index contributed by atoms with van der Waals surface area (Å²) in [6.07, 6.45) is 2.71. The summed E-state index contributed by atoms with van der Waals surface area (Å²) in [5.74, 6) is 0. The van der Waals surface area contributed by atoms with E-state index in [4.69, 9.17) is 28.9 Å². The molecule has 18 heavy (non-hydrogen) atoms. The molecule has 0 fully saturated rings. The Labute approximate surface area is 121 Å². The predicted octanol–water partition coefficient (Wildman–Crippen LogP) is 4.04. The van der Waals surface area contributed by atoms with Crippen LogP contribution < -0.4 is 5.73 Å². The Morgan fingerprint density at radius 3 is 2.56 bits per heavy atom. The number of hydrogen-bond acceptors (Lipinski definition) is 3. The Hall–Kier alpha value is -0.740. The number of hydrogen-bond donors (Lipinski definition) is 1. The van der Waals surface area contributed by atoms with Crippen LogP contribution in [-0.2, 0) is 6.42 Å². The van der Waals surface area contributed by atoms with Crippen molar-refractivity contribution in [2.75, 3.05) is 6.54 Å². The largest absolute Gasteiger partial charge is 0.330 e. The second-order valence-corrected chi connectivity index (χ2v) is 5.63. The maximum absolute atomic E-state index is 5.97. The molecule has 2 aromatic rings. The number of nitrogens with two attached hydrogens (primary N) is 1. The van der Waals surface area contributed by atoms with Crippen LogP contribution in [0.3, 0.4) is 0 Å². The van der Waals surface area contributed by atoms with Crippen molar-refractivity contribution in [3.63, 3.8) is 0 Å². The molecular weight excluding hydrogens is 287 g/mol. The first kappa shape index (κ1) is 13.7. The lowest BCUT2D eigenvalue weighted by molar-refractivity contribution is 0.945. The standard InChI is InChI=1S/C13H12Cl2N2S/c14-11-3-2-10(7-12(11)15)18-13-4-1-9(5-6-16)8-17-13/h1-4,7-8H,5-6,16H2. The van der Waals surface area contributed by atoms with Crippen LogP contribution >= 0.6 is 35.0 Å². The third-order valence-corrected chi connectivity index (χ3v) is 4.02. The highest BCUT2D eigenvalue weighted by atomic mass is 35.5. The minimum Gasteiger partial charge on any atom is -0.330 e. The summed E-state index contributed by atoms with van der Waals surface area (Å²) < 4.78 is 0. The van der Waals surface area contributed by atoms with Crippen molar-refractivity contribution in [1.82, 2.24) is 4.98 Å². The molecule has 0 atom stereocenters. The number of halogens is 2. The zero-order valence-corrected chi connectivity index (χ0v) is 11.9. The lowest BCUT2D eigenvalue weighted by Gasteiger charge is -2.04. The molecule has 1 aromatic heterocycles. The molecule has 94 valence electrons. The minimum atomic E-state index is 0.557. The Morgan fingerprint density at radius 1 is 1.11 bits per heavy atom. The number of benzene rings is 1. The minimum absolute atomic E-state index is 0.557. The van der Waals surface area contributed by atoms with Gasteiger partial charge in [0.15, 0.2) is 0 Å². The molecular formula is C13H12Cl2N2S. The van der Waals surface area contributed by atoms with Crippen LogP contribution in [0, 0.1) is 0 Å². The number of rotatable bonds is 4. The molecule has 0 aliphatic rings. The third-order valence-electron chi connectivity index (χ3n) is 2.34. The summed E-state index contributed by atoms with van der Waals surface area (Å²) in [7, 11) is 0. The van der Waals surface area contributed by atoms with E-state index in [9.17, 15) is 0 Å². The van der Waals surface area contributed by atoms with Crippen LogP contribution in [0.15, 0.2) is 46.5 Å². The van der Waals surface area contributed by atoms with E-state index in [1.165, 1.54) is 0 Å². The van der Waals surface area contributed by atoms with Crippen LogP contribution in [0.5, 0.6) is 0 Å². The van der Waals surface area contributed by atoms with Crippen molar-refractivity contribution in [3.8, 4) is 0 Å². The normalized spacial score (nSPS) is 10.6. The first-order valence-electron chi connectivity index (χ1n) is 5.47. The fourth-order valence-corrected chi connectivity index (χ4v) is 2.61. The third kappa shape index (κ3) is 3.62. The Balaban J connectivity index is 2.10. The highest BCUT2D eigenvalue weighted by Gasteiger charge is 2.03. The summed E-state index contributed by atoms with van der Waals surface area (Å²) >= 11 is 13.4. The maximum atomic E-state index is 5.97. The monoisotopic (exact) mass is 298 g/mol. The van der Waals surface area contributed by atoms with Gasteiger partial charge in [0.05, 0.1) is 10.0 Å². The summed E-state index contributed by atoms with van der Waals surface area (Å²) in [4.78, 5) is 5.39. The molecule has 2 nitrogen and oxygen atoms in total. The molecule has 0 saturated carbocycles. The fraction of sp³-hybridized carbons (Fsp3) is 0.154. The van der Waals surface area contributed by atoms with Gasteiger partial charge in [0, 0.05) is 11.1 Å². The van der Waals surface area contributed by atoms with E-state index in [0.29, 0.717) is 16.6 Å². The van der Waals surface area contributed by atoms with Gasteiger partial charge < -0.3 is 5.73 Å². The van der Waals surface area contributed by atoms with Gasteiger partial charge >= 0.3 is 0 Å². The molecule has 2 rings (SSSR count). The molecule has 1 heterocycles.